The van der Waals surface area contributed by atoms with Crippen molar-refractivity contribution in [2.75, 3.05) is 6.54 Å². The van der Waals surface area contributed by atoms with E-state index in [9.17, 15) is 9.59 Å². The average molecular weight is 598 g/mol. The third-order valence-corrected chi connectivity index (χ3v) is 8.18. The second-order valence-electron chi connectivity index (χ2n) is 11.3. The Balaban J connectivity index is 1.35. The molecule has 5 aromatic rings. The van der Waals surface area contributed by atoms with Crippen LogP contribution in [0, 0.1) is 13.8 Å². The number of amides is 2. The van der Waals surface area contributed by atoms with Gasteiger partial charge in [-0.2, -0.15) is 0 Å². The molecule has 0 fully saturated rings. The van der Waals surface area contributed by atoms with Crippen LogP contribution in [0.15, 0.2) is 108 Å². The second kappa shape index (κ2) is 13.5. The zero-order valence-corrected chi connectivity index (χ0v) is 25.5. The lowest BCUT2D eigenvalue weighted by molar-refractivity contribution is -0.144. The summed E-state index contributed by atoms with van der Waals surface area (Å²) in [6.07, 6.45) is 9.37. The van der Waals surface area contributed by atoms with Gasteiger partial charge in [0.25, 0.3) is 0 Å². The third kappa shape index (κ3) is 7.07. The molecular formula is C37H35N5O3. The van der Waals surface area contributed by atoms with E-state index < -0.39 is 6.04 Å². The number of hydrogen-bond donors (Lipinski definition) is 0. The highest BCUT2D eigenvalue weighted by Gasteiger charge is 2.34. The van der Waals surface area contributed by atoms with Gasteiger partial charge in [-0.3, -0.25) is 9.59 Å². The van der Waals surface area contributed by atoms with Crippen LogP contribution in [0.3, 0.4) is 0 Å². The zero-order chi connectivity index (χ0) is 31.2. The lowest BCUT2D eigenvalue weighted by Crippen LogP contribution is -2.52. The summed E-state index contributed by atoms with van der Waals surface area (Å²) >= 11 is 0. The lowest BCUT2D eigenvalue weighted by Gasteiger charge is -2.37. The predicted molar refractivity (Wildman–Crippen MR) is 173 cm³/mol. The molecule has 45 heavy (non-hydrogen) atoms. The summed E-state index contributed by atoms with van der Waals surface area (Å²) < 4.78 is 5.57. The van der Waals surface area contributed by atoms with Gasteiger partial charge in [-0.25, -0.2) is 15.0 Å². The molecule has 8 nitrogen and oxygen atoms in total. The van der Waals surface area contributed by atoms with Gasteiger partial charge in [0.2, 0.25) is 11.8 Å². The van der Waals surface area contributed by atoms with Gasteiger partial charge in [-0.1, -0.05) is 78.9 Å². The fourth-order valence-corrected chi connectivity index (χ4v) is 5.80. The van der Waals surface area contributed by atoms with Crippen LogP contribution in [-0.2, 0) is 35.5 Å². The first-order valence-corrected chi connectivity index (χ1v) is 15.1. The first kappa shape index (κ1) is 29.7. The second-order valence-corrected chi connectivity index (χ2v) is 11.3. The van der Waals surface area contributed by atoms with Crippen molar-refractivity contribution in [1.29, 1.82) is 0 Å². The fourth-order valence-electron chi connectivity index (χ4n) is 5.80. The normalized spacial score (nSPS) is 13.4. The molecule has 0 aliphatic carbocycles. The monoisotopic (exact) mass is 597 g/mol. The summed E-state index contributed by atoms with van der Waals surface area (Å²) in [6.45, 7) is 4.96. The molecule has 1 atom stereocenters. The van der Waals surface area contributed by atoms with Gasteiger partial charge in [0.05, 0.1) is 0 Å². The molecule has 3 heterocycles. The van der Waals surface area contributed by atoms with E-state index in [1.54, 1.807) is 30.3 Å². The van der Waals surface area contributed by atoms with Crippen LogP contribution in [0.2, 0.25) is 0 Å². The SMILES string of the molecule is Cc1nc(/C=C/C(=O)N(Cc2ccc(-c3cncnc3)cc2)[C@@H](Cc2ccccc2)C(=O)N2CCc3ccccc3C2)c(C)o1. The van der Waals surface area contributed by atoms with Crippen molar-refractivity contribution in [2.45, 2.75) is 45.8 Å². The summed E-state index contributed by atoms with van der Waals surface area (Å²) in [5.74, 6) is 0.819. The maximum Gasteiger partial charge on any atom is 0.247 e. The Morgan fingerprint density at radius 3 is 2.31 bits per heavy atom. The van der Waals surface area contributed by atoms with E-state index >= 15 is 0 Å². The van der Waals surface area contributed by atoms with Gasteiger partial charge in [-0.15, -0.1) is 0 Å². The number of nitrogens with zero attached hydrogens (tertiary/aromatic N) is 5. The van der Waals surface area contributed by atoms with Crippen LogP contribution >= 0.6 is 0 Å². The molecule has 0 N–H and O–H groups in total. The molecule has 0 spiro atoms. The molecule has 0 unspecified atom stereocenters. The summed E-state index contributed by atoms with van der Waals surface area (Å²) in [5.41, 5.74) is 6.76. The molecule has 1 aliphatic heterocycles. The Labute approximate surface area is 263 Å². The number of hydrogen-bond acceptors (Lipinski definition) is 6. The van der Waals surface area contributed by atoms with Gasteiger partial charge in [-0.05, 0) is 47.2 Å². The van der Waals surface area contributed by atoms with Crippen molar-refractivity contribution in [2.24, 2.45) is 0 Å². The van der Waals surface area contributed by atoms with Crippen molar-refractivity contribution < 1.29 is 14.0 Å². The van der Waals surface area contributed by atoms with Gasteiger partial charge in [0.1, 0.15) is 23.8 Å². The topological polar surface area (TPSA) is 92.4 Å². The van der Waals surface area contributed by atoms with E-state index in [4.69, 9.17) is 4.42 Å². The van der Waals surface area contributed by atoms with E-state index in [2.05, 4.69) is 27.1 Å². The Hall–Kier alpha value is -5.37. The molecule has 0 saturated heterocycles. The van der Waals surface area contributed by atoms with Crippen molar-refractivity contribution in [3.8, 4) is 11.1 Å². The van der Waals surface area contributed by atoms with Gasteiger partial charge in [0.15, 0.2) is 5.89 Å². The molecule has 1 aliphatic rings. The van der Waals surface area contributed by atoms with Crippen molar-refractivity contribution in [1.82, 2.24) is 24.8 Å². The number of oxazole rings is 1. The van der Waals surface area contributed by atoms with E-state index in [-0.39, 0.29) is 18.4 Å². The Morgan fingerprint density at radius 2 is 1.60 bits per heavy atom. The smallest absolute Gasteiger partial charge is 0.247 e. The summed E-state index contributed by atoms with van der Waals surface area (Å²) in [5, 5.41) is 0. The highest BCUT2D eigenvalue weighted by atomic mass is 16.4. The maximum atomic E-state index is 14.5. The first-order chi connectivity index (χ1) is 21.9. The molecule has 3 aromatic carbocycles. The van der Waals surface area contributed by atoms with Crippen LogP contribution < -0.4 is 0 Å². The quantitative estimate of drug-likeness (QED) is 0.194. The minimum absolute atomic E-state index is 0.0679. The Bertz CT molecular complexity index is 1800. The fraction of sp³-hybridized carbons (Fsp3) is 0.216. The molecule has 2 aromatic heterocycles. The molecule has 0 bridgehead atoms. The number of aromatic nitrogens is 3. The number of rotatable bonds is 9. The van der Waals surface area contributed by atoms with E-state index in [1.807, 2.05) is 78.6 Å². The lowest BCUT2D eigenvalue weighted by atomic mass is 9.97. The van der Waals surface area contributed by atoms with Crippen LogP contribution in [0.1, 0.15) is 39.6 Å². The van der Waals surface area contributed by atoms with Crippen molar-refractivity contribution in [3.05, 3.63) is 143 Å². The van der Waals surface area contributed by atoms with E-state index in [1.165, 1.54) is 18.0 Å². The highest BCUT2D eigenvalue weighted by Crippen LogP contribution is 2.24. The zero-order valence-electron chi connectivity index (χ0n) is 25.5. The van der Waals surface area contributed by atoms with Crippen molar-refractivity contribution >= 4 is 17.9 Å². The first-order valence-electron chi connectivity index (χ1n) is 15.1. The van der Waals surface area contributed by atoms with Crippen LogP contribution in [0.25, 0.3) is 17.2 Å². The maximum absolute atomic E-state index is 14.5. The minimum atomic E-state index is -0.725. The van der Waals surface area contributed by atoms with Crippen LogP contribution in [0.4, 0.5) is 0 Å². The molecule has 0 radical (unpaired) electrons. The Kier molecular flexibility index (Phi) is 8.91. The van der Waals surface area contributed by atoms with Gasteiger partial charge >= 0.3 is 0 Å². The molecule has 2 amide bonds. The number of carbonyl (C=O) groups excluding carboxylic acids is 2. The highest BCUT2D eigenvalue weighted by molar-refractivity contribution is 5.95. The van der Waals surface area contributed by atoms with E-state index in [0.717, 1.165) is 34.2 Å². The Morgan fingerprint density at radius 1 is 0.889 bits per heavy atom. The van der Waals surface area contributed by atoms with Crippen LogP contribution in [-0.4, -0.2) is 49.2 Å². The number of aryl methyl sites for hydroxylation is 2. The standard InChI is InChI=1S/C37H35N5O3/c1-26-34(40-27(2)45-26)16-17-36(43)42(23-29-12-14-31(15-13-29)33-21-38-25-39-22-33)35(20-28-8-4-3-5-9-28)37(44)41-19-18-30-10-6-7-11-32(30)24-41/h3-17,21-22,25,35H,18-20,23-24H2,1-2H3/b17-16+/t35-/m0/s1. The van der Waals surface area contributed by atoms with Gasteiger partial charge in [0, 0.05) is 57.0 Å². The van der Waals surface area contributed by atoms with Crippen LogP contribution in [0.5, 0.6) is 0 Å². The van der Waals surface area contributed by atoms with Gasteiger partial charge < -0.3 is 14.2 Å². The minimum Gasteiger partial charge on any atom is -0.446 e. The van der Waals surface area contributed by atoms with E-state index in [0.29, 0.717) is 36.9 Å². The largest absolute Gasteiger partial charge is 0.446 e. The molecule has 0 saturated carbocycles. The summed E-state index contributed by atoms with van der Waals surface area (Å²) in [6, 6.07) is 25.3. The molecule has 226 valence electrons. The molecule has 8 heteroatoms. The predicted octanol–water partition coefficient (Wildman–Crippen LogP) is 5.99. The third-order valence-electron chi connectivity index (χ3n) is 8.18. The molecule has 6 rings (SSSR count). The molecular weight excluding hydrogens is 562 g/mol. The number of carbonyl (C=O) groups is 2. The summed E-state index contributed by atoms with van der Waals surface area (Å²) in [4.78, 5) is 44.9. The van der Waals surface area contributed by atoms with Crippen molar-refractivity contribution in [3.63, 3.8) is 0 Å². The average Bonchev–Trinajstić information content (AvgIpc) is 3.41. The number of benzene rings is 3. The number of fused-ring (bicyclic) bond motifs is 1. The summed E-state index contributed by atoms with van der Waals surface area (Å²) in [7, 11) is 0.